The lowest BCUT2D eigenvalue weighted by Crippen LogP contribution is -2.40. The van der Waals surface area contributed by atoms with Crippen LogP contribution >= 0.6 is 0 Å². The predicted molar refractivity (Wildman–Crippen MR) is 87.7 cm³/mol. The highest BCUT2D eigenvalue weighted by atomic mass is 16.1. The Morgan fingerprint density at radius 2 is 2.14 bits per heavy atom. The highest BCUT2D eigenvalue weighted by Crippen LogP contribution is 2.16. The Hall–Kier alpha value is -1.81. The third kappa shape index (κ3) is 4.60. The first-order valence-electron chi connectivity index (χ1n) is 7.64. The minimum absolute atomic E-state index is 0.0616. The van der Waals surface area contributed by atoms with Gasteiger partial charge >= 0.3 is 0 Å². The van der Waals surface area contributed by atoms with Crippen LogP contribution in [-0.2, 0) is 0 Å². The molecule has 1 fully saturated rings. The SMILES string of the molecule is C=CCNC(=O)c1ccc(NCC2CCCCN2C)cc1. The van der Waals surface area contributed by atoms with Gasteiger partial charge in [0.1, 0.15) is 0 Å². The predicted octanol–water partition coefficient (Wildman–Crippen LogP) is 2.50. The number of amides is 1. The molecule has 1 aromatic rings. The fourth-order valence-electron chi connectivity index (χ4n) is 2.64. The van der Waals surface area contributed by atoms with E-state index >= 15 is 0 Å². The van der Waals surface area contributed by atoms with E-state index in [2.05, 4.69) is 29.2 Å². The topological polar surface area (TPSA) is 44.4 Å². The van der Waals surface area contributed by atoms with Crippen LogP contribution in [0.5, 0.6) is 0 Å². The summed E-state index contributed by atoms with van der Waals surface area (Å²) in [5, 5.41) is 6.24. The molecule has 1 heterocycles. The zero-order valence-electron chi connectivity index (χ0n) is 12.8. The Balaban J connectivity index is 1.84. The van der Waals surface area contributed by atoms with E-state index in [1.807, 2.05) is 24.3 Å². The zero-order chi connectivity index (χ0) is 15.1. The first-order valence-corrected chi connectivity index (χ1v) is 7.64. The molecule has 1 aromatic carbocycles. The summed E-state index contributed by atoms with van der Waals surface area (Å²) in [5.41, 5.74) is 1.74. The number of nitrogens with one attached hydrogen (secondary N) is 2. The standard InChI is InChI=1S/C17H25N3O/c1-3-11-18-17(21)14-7-9-15(10-8-14)19-13-16-6-4-5-12-20(16)2/h3,7-10,16,19H,1,4-6,11-13H2,2H3,(H,18,21). The number of nitrogens with zero attached hydrogens (tertiary/aromatic N) is 1. The summed E-state index contributed by atoms with van der Waals surface area (Å²) in [6.07, 6.45) is 5.56. The van der Waals surface area contributed by atoms with Gasteiger partial charge in [-0.15, -0.1) is 6.58 Å². The third-order valence-corrected chi connectivity index (χ3v) is 4.02. The Labute approximate surface area is 127 Å². The van der Waals surface area contributed by atoms with Crippen LogP contribution < -0.4 is 10.6 Å². The summed E-state index contributed by atoms with van der Waals surface area (Å²) in [6, 6.07) is 8.24. The van der Waals surface area contributed by atoms with Crippen LogP contribution in [0.15, 0.2) is 36.9 Å². The molecule has 0 bridgehead atoms. The third-order valence-electron chi connectivity index (χ3n) is 4.02. The number of rotatable bonds is 6. The molecule has 1 unspecified atom stereocenters. The van der Waals surface area contributed by atoms with Gasteiger partial charge in [-0.25, -0.2) is 0 Å². The Morgan fingerprint density at radius 1 is 1.38 bits per heavy atom. The van der Waals surface area contributed by atoms with Crippen LogP contribution in [0.1, 0.15) is 29.6 Å². The van der Waals surface area contributed by atoms with Crippen molar-refractivity contribution >= 4 is 11.6 Å². The van der Waals surface area contributed by atoms with Gasteiger partial charge in [0.25, 0.3) is 5.91 Å². The lowest BCUT2D eigenvalue weighted by molar-refractivity contribution is 0.0958. The van der Waals surface area contributed by atoms with E-state index in [0.29, 0.717) is 18.2 Å². The van der Waals surface area contributed by atoms with Gasteiger partial charge in [-0.2, -0.15) is 0 Å². The van der Waals surface area contributed by atoms with Gasteiger partial charge in [0, 0.05) is 30.4 Å². The van der Waals surface area contributed by atoms with Crippen LogP contribution in [0.2, 0.25) is 0 Å². The second-order valence-electron chi connectivity index (χ2n) is 5.59. The van der Waals surface area contributed by atoms with Crippen molar-refractivity contribution in [3.63, 3.8) is 0 Å². The molecule has 4 heteroatoms. The molecule has 1 amide bonds. The van der Waals surface area contributed by atoms with Crippen LogP contribution in [0.25, 0.3) is 0 Å². The number of hydrogen-bond acceptors (Lipinski definition) is 3. The fourth-order valence-corrected chi connectivity index (χ4v) is 2.64. The number of piperidine rings is 1. The summed E-state index contributed by atoms with van der Waals surface area (Å²) in [7, 11) is 2.19. The molecule has 2 rings (SSSR count). The van der Waals surface area contributed by atoms with Crippen molar-refractivity contribution in [2.75, 3.05) is 32.0 Å². The second-order valence-corrected chi connectivity index (χ2v) is 5.59. The van der Waals surface area contributed by atoms with Gasteiger partial charge in [-0.3, -0.25) is 4.79 Å². The van der Waals surface area contributed by atoms with E-state index in [1.54, 1.807) is 6.08 Å². The van der Waals surface area contributed by atoms with Crippen molar-refractivity contribution in [3.8, 4) is 0 Å². The summed E-state index contributed by atoms with van der Waals surface area (Å²) >= 11 is 0. The lowest BCUT2D eigenvalue weighted by atomic mass is 10.0. The van der Waals surface area contributed by atoms with Crippen molar-refractivity contribution < 1.29 is 4.79 Å². The molecule has 1 aliphatic rings. The lowest BCUT2D eigenvalue weighted by Gasteiger charge is -2.32. The molecule has 1 saturated heterocycles. The van der Waals surface area contributed by atoms with Crippen LogP contribution in [0, 0.1) is 0 Å². The maximum atomic E-state index is 11.8. The molecule has 114 valence electrons. The Kier molecular flexibility index (Phi) is 5.81. The van der Waals surface area contributed by atoms with Crippen molar-refractivity contribution in [2.24, 2.45) is 0 Å². The molecule has 2 N–H and O–H groups in total. The number of carbonyl (C=O) groups is 1. The van der Waals surface area contributed by atoms with Crippen LogP contribution in [0.4, 0.5) is 5.69 Å². The smallest absolute Gasteiger partial charge is 0.251 e. The van der Waals surface area contributed by atoms with Crippen molar-refractivity contribution in [3.05, 3.63) is 42.5 Å². The van der Waals surface area contributed by atoms with Crippen molar-refractivity contribution in [1.82, 2.24) is 10.2 Å². The largest absolute Gasteiger partial charge is 0.383 e. The highest BCUT2D eigenvalue weighted by Gasteiger charge is 2.18. The molecule has 1 atom stereocenters. The molecule has 21 heavy (non-hydrogen) atoms. The molecule has 0 aromatic heterocycles. The fraction of sp³-hybridized carbons (Fsp3) is 0.471. The molecular formula is C17H25N3O. The van der Waals surface area contributed by atoms with E-state index in [4.69, 9.17) is 0 Å². The monoisotopic (exact) mass is 287 g/mol. The van der Waals surface area contributed by atoms with Crippen molar-refractivity contribution in [2.45, 2.75) is 25.3 Å². The number of benzene rings is 1. The normalized spacial score (nSPS) is 19.0. The maximum Gasteiger partial charge on any atom is 0.251 e. The van der Waals surface area contributed by atoms with Gasteiger partial charge in [0.05, 0.1) is 0 Å². The minimum Gasteiger partial charge on any atom is -0.383 e. The Bertz CT molecular complexity index is 469. The van der Waals surface area contributed by atoms with Crippen molar-refractivity contribution in [1.29, 1.82) is 0 Å². The van der Waals surface area contributed by atoms with Gasteiger partial charge in [-0.05, 0) is 50.7 Å². The number of carbonyl (C=O) groups excluding carboxylic acids is 1. The molecule has 0 radical (unpaired) electrons. The second kappa shape index (κ2) is 7.84. The van der Waals surface area contributed by atoms with Gasteiger partial charge in [0.15, 0.2) is 0 Å². The van der Waals surface area contributed by atoms with E-state index in [-0.39, 0.29) is 5.91 Å². The summed E-state index contributed by atoms with van der Waals surface area (Å²) in [4.78, 5) is 14.2. The zero-order valence-corrected chi connectivity index (χ0v) is 12.8. The summed E-state index contributed by atoms with van der Waals surface area (Å²) < 4.78 is 0. The van der Waals surface area contributed by atoms with Crippen LogP contribution in [0.3, 0.4) is 0 Å². The molecule has 0 aliphatic carbocycles. The minimum atomic E-state index is -0.0616. The molecule has 0 saturated carbocycles. The first-order chi connectivity index (χ1) is 10.2. The van der Waals surface area contributed by atoms with E-state index in [1.165, 1.54) is 25.8 Å². The quantitative estimate of drug-likeness (QED) is 0.790. The van der Waals surface area contributed by atoms with E-state index in [9.17, 15) is 4.79 Å². The highest BCUT2D eigenvalue weighted by molar-refractivity contribution is 5.94. The first kappa shape index (κ1) is 15.6. The number of likely N-dealkylation sites (N-methyl/N-ethyl adjacent to an activating group) is 1. The van der Waals surface area contributed by atoms with Gasteiger partial charge in [0.2, 0.25) is 0 Å². The van der Waals surface area contributed by atoms with Gasteiger partial charge < -0.3 is 15.5 Å². The molecule has 0 spiro atoms. The van der Waals surface area contributed by atoms with Gasteiger partial charge in [-0.1, -0.05) is 12.5 Å². The number of likely N-dealkylation sites (tertiary alicyclic amines) is 1. The molecular weight excluding hydrogens is 262 g/mol. The average molecular weight is 287 g/mol. The maximum absolute atomic E-state index is 11.8. The van der Waals surface area contributed by atoms with Crippen LogP contribution in [-0.4, -0.2) is 43.5 Å². The summed E-state index contributed by atoms with van der Waals surface area (Å²) in [5.74, 6) is -0.0616. The van der Waals surface area contributed by atoms with E-state index in [0.717, 1.165) is 12.2 Å². The average Bonchev–Trinajstić information content (AvgIpc) is 2.52. The summed E-state index contributed by atoms with van der Waals surface area (Å²) in [6.45, 7) is 6.23. The van der Waals surface area contributed by atoms with E-state index < -0.39 is 0 Å². The molecule has 4 nitrogen and oxygen atoms in total. The number of anilines is 1. The number of hydrogen-bond donors (Lipinski definition) is 2. The molecule has 1 aliphatic heterocycles. The Morgan fingerprint density at radius 3 is 2.81 bits per heavy atom.